The number of rotatable bonds is 52. The molecule has 0 aromatic carbocycles. The maximum atomic E-state index is 10.5. The topological polar surface area (TPSA) is 412 Å². The number of ether oxygens (including phenoxy) is 14. The second-order valence-corrected chi connectivity index (χ2v) is 25.7. The van der Waals surface area contributed by atoms with Gasteiger partial charge in [-0.15, -0.1) is 0 Å². The number of unbranched alkanes of at least 4 members (excludes halogenated alkanes) is 6. The molecule has 580 valence electrons. The van der Waals surface area contributed by atoms with Crippen LogP contribution in [0.15, 0.2) is 0 Å². The van der Waals surface area contributed by atoms with E-state index in [1.165, 1.54) is 96.9 Å². The van der Waals surface area contributed by atoms with E-state index in [0.717, 1.165) is 51.4 Å². The number of aliphatic hydroxyl groups excluding tert-OH is 10. The van der Waals surface area contributed by atoms with Gasteiger partial charge in [0.2, 0.25) is 0 Å². The van der Waals surface area contributed by atoms with Gasteiger partial charge in [0.1, 0.15) is 0 Å². The first kappa shape index (κ1) is 109. The first-order chi connectivity index (χ1) is 41.1. The van der Waals surface area contributed by atoms with Gasteiger partial charge in [0, 0.05) is 23.7 Å². The summed E-state index contributed by atoms with van der Waals surface area (Å²) < 4.78 is 74.4. The summed E-state index contributed by atoms with van der Waals surface area (Å²) in [5, 5.41) is 133. The van der Waals surface area contributed by atoms with Gasteiger partial charge in [-0.25, -0.2) is 0 Å². The molecule has 0 aliphatic rings. The van der Waals surface area contributed by atoms with E-state index in [1.807, 2.05) is 13.8 Å². The molecule has 14 N–H and O–H groups in total. The van der Waals surface area contributed by atoms with Gasteiger partial charge in [0.25, 0.3) is 0 Å². The molecule has 0 fully saturated rings. The molecule has 12 unspecified atom stereocenters. The predicted octanol–water partition coefficient (Wildman–Crippen LogP) is 6.91. The fourth-order valence-corrected chi connectivity index (χ4v) is 7.04. The van der Waals surface area contributed by atoms with Gasteiger partial charge in [0.15, 0.2) is 86.0 Å². The first-order valence-electron chi connectivity index (χ1n) is 31.5. The molecule has 28 nitrogen and oxygen atoms in total. The minimum atomic E-state index is -1.38. The molecular formula is C66H148O28. The molecule has 0 heterocycles. The number of hydrogen-bond acceptors (Lipinski definition) is 28. The van der Waals surface area contributed by atoms with Crippen molar-refractivity contribution in [1.29, 1.82) is 0 Å². The van der Waals surface area contributed by atoms with Crippen molar-refractivity contribution >= 4 is 0 Å². The second-order valence-electron chi connectivity index (χ2n) is 25.7. The van der Waals surface area contributed by atoms with Crippen LogP contribution in [-0.4, -0.2) is 250 Å². The van der Waals surface area contributed by atoms with E-state index in [9.17, 15) is 61.3 Å². The molecule has 0 aliphatic heterocycles. The lowest BCUT2D eigenvalue weighted by Crippen LogP contribution is -2.46. The third-order valence-electron chi connectivity index (χ3n) is 12.4. The summed E-state index contributed by atoms with van der Waals surface area (Å²) in [6.45, 7) is 33.1. The summed E-state index contributed by atoms with van der Waals surface area (Å²) >= 11 is 0. The highest BCUT2D eigenvalue weighted by molar-refractivity contribution is 4.83. The van der Waals surface area contributed by atoms with Crippen LogP contribution in [0.25, 0.3) is 0 Å². The van der Waals surface area contributed by atoms with E-state index in [2.05, 4.69) is 13.8 Å². The first-order valence-corrected chi connectivity index (χ1v) is 31.5. The molecule has 0 amide bonds. The Morgan fingerprint density at radius 2 is 0.426 bits per heavy atom. The standard InChI is InChI=1S/C19H40O8.C17H36O6.C14H30O8.C12H26O6.4CH4/c1-6-7-8-9-10-18(5,23)27-14-19(11-24-15(2)20,12-25-16(3)21)13-26-17(4)22;1-6-7-8-9-10-17(5,20)23-13-16(4,11-21-14(2)18)12-22-15(3)19;1-10(15)19-6-14(7-20-11(2)16,8-21-12(3)17)9-22-13(4,5)18;1-9(13)16-6-12(5,7-17-10(2)14)8-18-11(3,4)15;;;;/h15-17,20-23H,6-14H2,1-5H3;14-15,18-20H,6-13H2,1-5H3;10-12,15-18H,6-9H2,1-5H3;9-10,13-15H,6-8H2,1-5H3;4*1H4. The third-order valence-corrected chi connectivity index (χ3v) is 12.4. The van der Waals surface area contributed by atoms with E-state index in [4.69, 9.17) is 76.5 Å². The Kier molecular flexibility index (Phi) is 66.6. The van der Waals surface area contributed by atoms with Gasteiger partial charge in [0.05, 0.1) is 103 Å². The quantitative estimate of drug-likeness (QED) is 0.0217. The van der Waals surface area contributed by atoms with Crippen molar-refractivity contribution in [3.8, 4) is 0 Å². The zero-order valence-corrected chi connectivity index (χ0v) is 58.7. The number of aliphatic hydroxyl groups is 14. The van der Waals surface area contributed by atoms with Crippen LogP contribution >= 0.6 is 0 Å². The van der Waals surface area contributed by atoms with Crippen molar-refractivity contribution in [2.24, 2.45) is 21.7 Å². The SMILES string of the molecule is C.C.C.C.CC(O)OCC(C)(COC(C)O)COC(C)(C)O.CC(O)OCC(COC(C)O)(COC(C)O)COC(C)(C)O.CCCCCCC(C)(O)OCC(C)(COC(C)O)COC(C)O.CCCCCCC(C)(O)OCC(COC(C)O)(COC(C)O)COC(C)O. The van der Waals surface area contributed by atoms with Gasteiger partial charge < -0.3 is 138 Å². The maximum absolute atomic E-state index is 10.5. The Morgan fingerprint density at radius 1 is 0.245 bits per heavy atom. The van der Waals surface area contributed by atoms with E-state index in [0.29, 0.717) is 12.8 Å². The normalized spacial score (nSPS) is 18.8. The summed E-state index contributed by atoms with van der Waals surface area (Å²) in [5.74, 6) is -5.17. The van der Waals surface area contributed by atoms with Crippen LogP contribution in [0, 0.1) is 21.7 Å². The van der Waals surface area contributed by atoms with Crippen molar-refractivity contribution in [1.82, 2.24) is 0 Å². The van der Waals surface area contributed by atoms with Gasteiger partial charge in [-0.05, 0) is 124 Å². The Bertz CT molecular complexity index is 1530. The Hall–Kier alpha value is -1.12. The Labute approximate surface area is 568 Å². The average Bonchev–Trinajstić information content (AvgIpc) is 0.927. The van der Waals surface area contributed by atoms with E-state index in [-0.39, 0.29) is 122 Å². The van der Waals surface area contributed by atoms with Gasteiger partial charge in [-0.1, -0.05) is 95.9 Å². The second kappa shape index (κ2) is 57.5. The molecule has 12 atom stereocenters. The minimum absolute atomic E-state index is 0. The summed E-state index contributed by atoms with van der Waals surface area (Å²) in [6, 6.07) is 0. The maximum Gasteiger partial charge on any atom is 0.162 e. The average molecular weight is 1390 g/mol. The highest BCUT2D eigenvalue weighted by Gasteiger charge is 2.39. The summed E-state index contributed by atoms with van der Waals surface area (Å²) in [7, 11) is 0. The van der Waals surface area contributed by atoms with Gasteiger partial charge in [-0.3, -0.25) is 0 Å². The van der Waals surface area contributed by atoms with Crippen molar-refractivity contribution in [3.05, 3.63) is 0 Å². The van der Waals surface area contributed by atoms with Crippen molar-refractivity contribution in [2.45, 2.75) is 318 Å². The monoisotopic (exact) mass is 1390 g/mol. The predicted molar refractivity (Wildman–Crippen MR) is 360 cm³/mol. The van der Waals surface area contributed by atoms with Crippen LogP contribution in [0.3, 0.4) is 0 Å². The Morgan fingerprint density at radius 3 is 0.628 bits per heavy atom. The molecule has 0 aliphatic carbocycles. The van der Waals surface area contributed by atoms with Gasteiger partial charge in [-0.2, -0.15) is 0 Å². The molecule has 0 aromatic rings. The fourth-order valence-electron chi connectivity index (χ4n) is 7.04. The van der Waals surface area contributed by atoms with Crippen LogP contribution in [-0.2, 0) is 66.3 Å². The summed E-state index contributed by atoms with van der Waals surface area (Å²) in [6.07, 6.45) is -0.265. The molecule has 0 saturated heterocycles. The molecule has 0 radical (unpaired) electrons. The summed E-state index contributed by atoms with van der Waals surface area (Å²) in [4.78, 5) is 0. The van der Waals surface area contributed by atoms with E-state index < -0.39 is 108 Å². The molecule has 0 saturated carbocycles. The number of hydrogen-bond donors (Lipinski definition) is 14. The zero-order valence-electron chi connectivity index (χ0n) is 58.7. The van der Waals surface area contributed by atoms with Crippen LogP contribution in [0.1, 0.15) is 232 Å². The minimum Gasteiger partial charge on any atom is -0.368 e. The molecule has 0 spiro atoms. The van der Waals surface area contributed by atoms with Gasteiger partial charge >= 0.3 is 0 Å². The molecule has 94 heavy (non-hydrogen) atoms. The largest absolute Gasteiger partial charge is 0.368 e. The highest BCUT2D eigenvalue weighted by Crippen LogP contribution is 2.29. The molecule has 28 heteroatoms. The van der Waals surface area contributed by atoms with E-state index >= 15 is 0 Å². The Balaban J connectivity index is -0.000000174. The van der Waals surface area contributed by atoms with Crippen LogP contribution in [0.4, 0.5) is 0 Å². The third kappa shape index (κ3) is 72.1. The van der Waals surface area contributed by atoms with Crippen LogP contribution in [0.5, 0.6) is 0 Å². The summed E-state index contributed by atoms with van der Waals surface area (Å²) in [5.41, 5.74) is -3.02. The van der Waals surface area contributed by atoms with Crippen LogP contribution < -0.4 is 0 Å². The van der Waals surface area contributed by atoms with Crippen molar-refractivity contribution in [3.63, 3.8) is 0 Å². The fraction of sp³-hybridized carbons (Fsp3) is 1.00. The highest BCUT2D eigenvalue weighted by atomic mass is 16.7. The lowest BCUT2D eigenvalue weighted by molar-refractivity contribution is -0.248. The molecule has 0 bridgehead atoms. The molecular weight excluding hydrogens is 1240 g/mol. The van der Waals surface area contributed by atoms with Crippen molar-refractivity contribution < 1.29 is 138 Å². The van der Waals surface area contributed by atoms with Crippen molar-refractivity contribution in [2.75, 3.05) is 92.5 Å². The lowest BCUT2D eigenvalue weighted by atomic mass is 9.91. The van der Waals surface area contributed by atoms with E-state index in [1.54, 1.807) is 13.8 Å². The smallest absolute Gasteiger partial charge is 0.162 e. The zero-order chi connectivity index (χ0) is 70.6. The molecule has 0 rings (SSSR count). The van der Waals surface area contributed by atoms with Crippen LogP contribution in [0.2, 0.25) is 0 Å². The lowest BCUT2D eigenvalue weighted by Gasteiger charge is -2.36. The molecule has 0 aromatic heterocycles.